The van der Waals surface area contributed by atoms with Crippen molar-refractivity contribution in [1.82, 2.24) is 10.6 Å². The van der Waals surface area contributed by atoms with E-state index in [1.54, 1.807) is 72.8 Å². The van der Waals surface area contributed by atoms with Crippen molar-refractivity contribution in [3.8, 4) is 17.2 Å². The maximum atomic E-state index is 14.3. The minimum atomic E-state index is -1.93. The van der Waals surface area contributed by atoms with E-state index in [1.807, 2.05) is 6.07 Å². The molecule has 1 aliphatic rings. The zero-order valence-corrected chi connectivity index (χ0v) is 34.1. The molecule has 0 bridgehead atoms. The summed E-state index contributed by atoms with van der Waals surface area (Å²) < 4.78 is 77.6. The molecular weight excluding hydrogens is 818 g/mol. The SMILES string of the molecule is CC(C)(C)OC(=O)CC(NC(=O)C1(C(=O)NC(CCC(=O)OCc2ccccc2)C(=O)Nc2cccc(Oc3ccccc3)c2)CCC1)C(=O)COc1c(F)c(F)cc(F)c1F. The Morgan fingerprint density at radius 3 is 1.92 bits per heavy atom. The molecule has 4 aromatic carbocycles. The van der Waals surface area contributed by atoms with Crippen molar-refractivity contribution in [3.63, 3.8) is 0 Å². The minimum absolute atomic E-state index is 0.0440. The number of amides is 3. The van der Waals surface area contributed by atoms with Gasteiger partial charge in [-0.15, -0.1) is 0 Å². The summed E-state index contributed by atoms with van der Waals surface area (Å²) >= 11 is 0. The second kappa shape index (κ2) is 20.7. The highest BCUT2D eigenvalue weighted by molar-refractivity contribution is 6.09. The first-order valence-corrected chi connectivity index (χ1v) is 19.6. The van der Waals surface area contributed by atoms with Crippen molar-refractivity contribution in [2.24, 2.45) is 5.41 Å². The second-order valence-corrected chi connectivity index (χ2v) is 15.4. The number of ketones is 1. The van der Waals surface area contributed by atoms with Crippen LogP contribution in [0.4, 0.5) is 23.2 Å². The topological polar surface area (TPSA) is 175 Å². The summed E-state index contributed by atoms with van der Waals surface area (Å²) in [5.74, 6) is -13.7. The number of esters is 2. The lowest BCUT2D eigenvalue weighted by molar-refractivity contribution is -0.157. The average molecular weight is 864 g/mol. The normalized spacial score (nSPS) is 13.9. The summed E-state index contributed by atoms with van der Waals surface area (Å²) in [6.07, 6.45) is -1.22. The first-order valence-electron chi connectivity index (χ1n) is 19.6. The van der Waals surface area contributed by atoms with E-state index in [0.29, 0.717) is 17.9 Å². The largest absolute Gasteiger partial charge is 0.479 e. The summed E-state index contributed by atoms with van der Waals surface area (Å²) in [4.78, 5) is 81.2. The third-order valence-corrected chi connectivity index (χ3v) is 9.57. The fourth-order valence-corrected chi connectivity index (χ4v) is 6.23. The molecule has 0 aromatic heterocycles. The molecule has 2 atom stereocenters. The zero-order valence-electron chi connectivity index (χ0n) is 34.1. The number of carbonyl (C=O) groups is 6. The van der Waals surface area contributed by atoms with E-state index < -0.39 is 101 Å². The molecule has 0 saturated heterocycles. The molecule has 13 nitrogen and oxygen atoms in total. The number of anilines is 1. The summed E-state index contributed by atoms with van der Waals surface area (Å²) in [6.45, 7) is 3.28. The lowest BCUT2D eigenvalue weighted by Crippen LogP contribution is -2.60. The van der Waals surface area contributed by atoms with Crippen molar-refractivity contribution in [3.05, 3.63) is 120 Å². The van der Waals surface area contributed by atoms with Gasteiger partial charge in [0.25, 0.3) is 0 Å². The number of ether oxygens (including phenoxy) is 4. The lowest BCUT2D eigenvalue weighted by Gasteiger charge is -2.40. The molecule has 1 saturated carbocycles. The van der Waals surface area contributed by atoms with Gasteiger partial charge in [0, 0.05) is 24.2 Å². The van der Waals surface area contributed by atoms with E-state index in [0.717, 1.165) is 5.56 Å². The Kier molecular flexibility index (Phi) is 15.4. The van der Waals surface area contributed by atoms with Crippen LogP contribution in [0.3, 0.4) is 0 Å². The van der Waals surface area contributed by atoms with Crippen LogP contribution in [-0.2, 0) is 44.8 Å². The van der Waals surface area contributed by atoms with Crippen LogP contribution in [0.25, 0.3) is 0 Å². The van der Waals surface area contributed by atoms with Gasteiger partial charge in [-0.2, -0.15) is 8.78 Å². The van der Waals surface area contributed by atoms with E-state index in [-0.39, 0.29) is 44.0 Å². The number of hydrogen-bond donors (Lipinski definition) is 3. The van der Waals surface area contributed by atoms with Gasteiger partial charge in [0.15, 0.2) is 23.2 Å². The molecule has 0 aliphatic heterocycles. The van der Waals surface area contributed by atoms with Crippen molar-refractivity contribution in [2.45, 2.75) is 83.6 Å². The van der Waals surface area contributed by atoms with E-state index in [9.17, 15) is 46.3 Å². The van der Waals surface area contributed by atoms with Gasteiger partial charge in [-0.05, 0) is 69.9 Å². The number of Topliss-reactive ketones (excluding diaryl/α,β-unsaturated/α-hetero) is 1. The minimum Gasteiger partial charge on any atom is -0.479 e. The number of rotatable bonds is 19. The third-order valence-electron chi connectivity index (χ3n) is 9.57. The van der Waals surface area contributed by atoms with Crippen LogP contribution in [0.15, 0.2) is 91.0 Å². The highest BCUT2D eigenvalue weighted by Gasteiger charge is 2.52. The van der Waals surface area contributed by atoms with E-state index in [1.165, 1.54) is 26.8 Å². The fraction of sp³-hybridized carbons (Fsp3) is 0.333. The summed E-state index contributed by atoms with van der Waals surface area (Å²) in [5, 5.41) is 7.63. The number of benzene rings is 4. The van der Waals surface area contributed by atoms with Crippen molar-refractivity contribution < 1.29 is 65.3 Å². The number of carbonyl (C=O) groups excluding carboxylic acids is 6. The predicted molar refractivity (Wildman–Crippen MR) is 214 cm³/mol. The van der Waals surface area contributed by atoms with E-state index >= 15 is 0 Å². The molecule has 1 aliphatic carbocycles. The smallest absolute Gasteiger partial charge is 0.308 e. The Morgan fingerprint density at radius 1 is 0.726 bits per heavy atom. The number of hydrogen-bond acceptors (Lipinski definition) is 10. The Morgan fingerprint density at radius 2 is 1.32 bits per heavy atom. The first-order chi connectivity index (χ1) is 29.4. The summed E-state index contributed by atoms with van der Waals surface area (Å²) in [7, 11) is 0. The molecule has 0 radical (unpaired) electrons. The van der Waals surface area contributed by atoms with Crippen LogP contribution >= 0.6 is 0 Å². The van der Waals surface area contributed by atoms with Crippen molar-refractivity contribution >= 4 is 41.1 Å². The van der Waals surface area contributed by atoms with Gasteiger partial charge in [0.05, 0.1) is 6.42 Å². The van der Waals surface area contributed by atoms with E-state index in [4.69, 9.17) is 18.9 Å². The Balaban J connectivity index is 1.33. The van der Waals surface area contributed by atoms with E-state index in [2.05, 4.69) is 16.0 Å². The maximum Gasteiger partial charge on any atom is 0.308 e. The Labute approximate surface area is 354 Å². The number of halogens is 4. The van der Waals surface area contributed by atoms with Gasteiger partial charge in [-0.1, -0.05) is 61.0 Å². The van der Waals surface area contributed by atoms with Crippen molar-refractivity contribution in [2.75, 3.05) is 11.9 Å². The number of para-hydroxylation sites is 1. The van der Waals surface area contributed by atoms with Crippen LogP contribution in [0.1, 0.15) is 64.9 Å². The maximum absolute atomic E-state index is 14.3. The van der Waals surface area contributed by atoms with Gasteiger partial charge in [0.2, 0.25) is 29.4 Å². The Hall–Kier alpha value is -6.78. The fourth-order valence-electron chi connectivity index (χ4n) is 6.23. The van der Waals surface area contributed by atoms with Crippen LogP contribution < -0.4 is 25.4 Å². The van der Waals surface area contributed by atoms with Gasteiger partial charge in [-0.25, -0.2) is 8.78 Å². The van der Waals surface area contributed by atoms with Crippen LogP contribution in [0, 0.1) is 28.7 Å². The van der Waals surface area contributed by atoms with Crippen molar-refractivity contribution in [1.29, 1.82) is 0 Å². The Bertz CT molecular complexity index is 2240. The monoisotopic (exact) mass is 863 g/mol. The third kappa shape index (κ3) is 12.6. The standard InChI is InChI=1S/C45H45F4N3O10/c1-44(2,3)62-37(55)24-34(35(53)26-60-40-38(48)31(46)23-32(47)39(40)49)52-43(58)45(20-11-21-45)42(57)51-33(18-19-36(54)59-25-27-12-6-4-7-13-27)41(56)50-28-14-10-17-30(22-28)61-29-15-8-5-9-16-29/h4-10,12-17,22-23,33-34H,11,18-21,24-26H2,1-3H3,(H,50,56)(H,51,57)(H,52,58). The first kappa shape index (κ1) is 46.3. The molecule has 2 unspecified atom stereocenters. The molecular formula is C45H45F4N3O10. The van der Waals surface area contributed by atoms with Gasteiger partial charge in [-0.3, -0.25) is 28.8 Å². The lowest BCUT2D eigenvalue weighted by atomic mass is 9.67. The zero-order chi connectivity index (χ0) is 45.0. The quantitative estimate of drug-likeness (QED) is 0.0385. The summed E-state index contributed by atoms with van der Waals surface area (Å²) in [5.41, 5.74) is -1.95. The van der Waals surface area contributed by atoms with Crippen LogP contribution in [-0.4, -0.2) is 59.7 Å². The molecule has 3 amide bonds. The summed E-state index contributed by atoms with van der Waals surface area (Å²) in [6, 6.07) is 20.8. The number of nitrogens with one attached hydrogen (secondary N) is 3. The molecule has 0 heterocycles. The molecule has 3 N–H and O–H groups in total. The highest BCUT2D eigenvalue weighted by Crippen LogP contribution is 2.42. The molecule has 5 rings (SSSR count). The predicted octanol–water partition coefficient (Wildman–Crippen LogP) is 7.02. The van der Waals surface area contributed by atoms with Gasteiger partial charge < -0.3 is 34.9 Å². The molecule has 0 spiro atoms. The molecule has 62 heavy (non-hydrogen) atoms. The average Bonchev–Trinajstić information content (AvgIpc) is 3.20. The van der Waals surface area contributed by atoms with Crippen LogP contribution in [0.5, 0.6) is 17.2 Å². The molecule has 17 heteroatoms. The molecule has 1 fully saturated rings. The highest BCUT2D eigenvalue weighted by atomic mass is 19.2. The second-order valence-electron chi connectivity index (χ2n) is 15.4. The molecule has 4 aromatic rings. The van der Waals surface area contributed by atoms with Gasteiger partial charge >= 0.3 is 11.9 Å². The van der Waals surface area contributed by atoms with Gasteiger partial charge in [0.1, 0.15) is 47.8 Å². The van der Waals surface area contributed by atoms with Crippen LogP contribution in [0.2, 0.25) is 0 Å². The molecule has 328 valence electrons.